The largest absolute Gasteiger partial charge is 0.336 e. The number of para-hydroxylation sites is 1. The molecule has 142 valence electrons. The van der Waals surface area contributed by atoms with Gasteiger partial charge in [-0.3, -0.25) is 19.8 Å². The molecule has 0 radical (unpaired) electrons. The minimum atomic E-state index is -0.338. The van der Waals surface area contributed by atoms with Gasteiger partial charge in [0.15, 0.2) is 0 Å². The molecule has 1 aliphatic rings. The summed E-state index contributed by atoms with van der Waals surface area (Å²) in [5, 5.41) is 13.2. The van der Waals surface area contributed by atoms with E-state index < -0.39 is 0 Å². The van der Waals surface area contributed by atoms with Crippen molar-refractivity contribution in [2.75, 3.05) is 26.2 Å². The Labute approximate surface area is 163 Å². The van der Waals surface area contributed by atoms with E-state index in [9.17, 15) is 14.9 Å². The van der Waals surface area contributed by atoms with Crippen molar-refractivity contribution < 1.29 is 9.72 Å². The first-order chi connectivity index (χ1) is 13.6. The van der Waals surface area contributed by atoms with Crippen LogP contribution in [0, 0.1) is 10.1 Å². The number of nitro groups is 1. The lowest BCUT2D eigenvalue weighted by atomic mass is 10.0. The molecule has 6 heteroatoms. The Morgan fingerprint density at radius 3 is 2.36 bits per heavy atom. The van der Waals surface area contributed by atoms with Gasteiger partial charge in [-0.1, -0.05) is 54.6 Å². The van der Waals surface area contributed by atoms with E-state index in [4.69, 9.17) is 0 Å². The second kappa shape index (κ2) is 7.78. The average molecular weight is 375 g/mol. The molecule has 0 aliphatic carbocycles. The second-order valence-corrected chi connectivity index (χ2v) is 6.98. The highest BCUT2D eigenvalue weighted by atomic mass is 16.6. The Bertz CT molecular complexity index is 1020. The van der Waals surface area contributed by atoms with Crippen LogP contribution in [0.15, 0.2) is 66.7 Å². The van der Waals surface area contributed by atoms with Crippen molar-refractivity contribution in [2.45, 2.75) is 6.54 Å². The van der Waals surface area contributed by atoms with Gasteiger partial charge >= 0.3 is 0 Å². The van der Waals surface area contributed by atoms with Crippen LogP contribution in [0.3, 0.4) is 0 Å². The van der Waals surface area contributed by atoms with Gasteiger partial charge in [0.2, 0.25) is 0 Å². The highest BCUT2D eigenvalue weighted by Crippen LogP contribution is 2.22. The summed E-state index contributed by atoms with van der Waals surface area (Å²) in [5.74, 6) is 0.0436. The lowest BCUT2D eigenvalue weighted by Crippen LogP contribution is -2.48. The molecule has 4 rings (SSSR count). The highest BCUT2D eigenvalue weighted by Gasteiger charge is 2.24. The van der Waals surface area contributed by atoms with Crippen LogP contribution >= 0.6 is 0 Å². The van der Waals surface area contributed by atoms with Crippen LogP contribution in [0.2, 0.25) is 0 Å². The third-order valence-electron chi connectivity index (χ3n) is 5.26. The van der Waals surface area contributed by atoms with Gasteiger partial charge in [0.25, 0.3) is 11.6 Å². The lowest BCUT2D eigenvalue weighted by Gasteiger charge is -2.34. The number of carbonyl (C=O) groups excluding carboxylic acids is 1. The molecule has 1 saturated heterocycles. The van der Waals surface area contributed by atoms with Gasteiger partial charge in [0, 0.05) is 49.9 Å². The fourth-order valence-corrected chi connectivity index (χ4v) is 3.75. The molecule has 28 heavy (non-hydrogen) atoms. The van der Waals surface area contributed by atoms with Crippen molar-refractivity contribution in [3.63, 3.8) is 0 Å². The number of piperazine rings is 1. The summed E-state index contributed by atoms with van der Waals surface area (Å²) in [7, 11) is 0. The first kappa shape index (κ1) is 18.1. The summed E-state index contributed by atoms with van der Waals surface area (Å²) >= 11 is 0. The van der Waals surface area contributed by atoms with Crippen molar-refractivity contribution in [1.29, 1.82) is 0 Å². The van der Waals surface area contributed by atoms with E-state index in [1.165, 1.54) is 6.07 Å². The number of rotatable bonds is 4. The van der Waals surface area contributed by atoms with E-state index in [0.29, 0.717) is 38.3 Å². The third-order valence-corrected chi connectivity index (χ3v) is 5.26. The quantitative estimate of drug-likeness (QED) is 0.515. The van der Waals surface area contributed by atoms with Crippen LogP contribution in [-0.2, 0) is 6.54 Å². The summed E-state index contributed by atoms with van der Waals surface area (Å²) in [6.07, 6.45) is 0. The fourth-order valence-electron chi connectivity index (χ4n) is 3.75. The Hall–Kier alpha value is -3.25. The fraction of sp³-hybridized carbons (Fsp3) is 0.227. The molecule has 0 bridgehead atoms. The maximum atomic E-state index is 13.0. The number of carbonyl (C=O) groups is 1. The van der Waals surface area contributed by atoms with Crippen molar-refractivity contribution in [1.82, 2.24) is 9.80 Å². The normalized spacial score (nSPS) is 14.9. The summed E-state index contributed by atoms with van der Waals surface area (Å²) in [4.78, 5) is 27.9. The smallest absolute Gasteiger partial charge is 0.273 e. The molecule has 1 fully saturated rings. The molecule has 0 unspecified atom stereocenters. The number of amides is 1. The van der Waals surface area contributed by atoms with E-state index in [0.717, 1.165) is 16.3 Å². The summed E-state index contributed by atoms with van der Waals surface area (Å²) in [6, 6.07) is 20.6. The number of nitrogens with zero attached hydrogens (tertiary/aromatic N) is 3. The number of hydrogen-bond donors (Lipinski definition) is 0. The SMILES string of the molecule is O=C(c1cccc2ccccc12)N1CCN(Cc2ccccc2[N+](=O)[O-])CC1. The molecule has 6 nitrogen and oxygen atoms in total. The predicted octanol–water partition coefficient (Wildman–Crippen LogP) is 3.71. The molecule has 0 N–H and O–H groups in total. The van der Waals surface area contributed by atoms with E-state index >= 15 is 0 Å². The van der Waals surface area contributed by atoms with Crippen molar-refractivity contribution in [2.24, 2.45) is 0 Å². The van der Waals surface area contributed by atoms with Gasteiger partial charge < -0.3 is 4.90 Å². The van der Waals surface area contributed by atoms with Crippen LogP contribution < -0.4 is 0 Å². The Balaban J connectivity index is 1.44. The molecule has 0 saturated carbocycles. The predicted molar refractivity (Wildman–Crippen MR) is 108 cm³/mol. The maximum absolute atomic E-state index is 13.0. The Morgan fingerprint density at radius 1 is 0.893 bits per heavy atom. The number of benzene rings is 3. The molecule has 1 heterocycles. The minimum absolute atomic E-state index is 0.0436. The number of hydrogen-bond acceptors (Lipinski definition) is 4. The zero-order valence-electron chi connectivity index (χ0n) is 15.5. The molecule has 1 aliphatic heterocycles. The molecule has 0 spiro atoms. The van der Waals surface area contributed by atoms with Gasteiger partial charge in [0.05, 0.1) is 4.92 Å². The molecule has 3 aromatic rings. The number of fused-ring (bicyclic) bond motifs is 1. The van der Waals surface area contributed by atoms with E-state index in [1.54, 1.807) is 12.1 Å². The molecule has 0 aromatic heterocycles. The van der Waals surface area contributed by atoms with Crippen LogP contribution in [0.1, 0.15) is 15.9 Å². The van der Waals surface area contributed by atoms with Gasteiger partial charge in [-0.25, -0.2) is 0 Å². The zero-order valence-corrected chi connectivity index (χ0v) is 15.5. The standard InChI is InChI=1S/C22H21N3O3/c26-22(20-10-5-8-17-6-1-3-9-19(17)20)24-14-12-23(13-15-24)16-18-7-2-4-11-21(18)25(27)28/h1-11H,12-16H2. The minimum Gasteiger partial charge on any atom is -0.336 e. The Kier molecular flexibility index (Phi) is 5.04. The van der Waals surface area contributed by atoms with Gasteiger partial charge in [0.1, 0.15) is 0 Å². The van der Waals surface area contributed by atoms with Crippen LogP contribution in [-0.4, -0.2) is 46.8 Å². The Morgan fingerprint density at radius 2 is 1.57 bits per heavy atom. The van der Waals surface area contributed by atoms with Gasteiger partial charge in [-0.2, -0.15) is 0 Å². The third kappa shape index (κ3) is 3.59. The maximum Gasteiger partial charge on any atom is 0.273 e. The molecule has 0 atom stereocenters. The summed E-state index contributed by atoms with van der Waals surface area (Å²) < 4.78 is 0. The topological polar surface area (TPSA) is 66.7 Å². The first-order valence-corrected chi connectivity index (χ1v) is 9.35. The van der Waals surface area contributed by atoms with Crippen LogP contribution in [0.5, 0.6) is 0 Å². The highest BCUT2D eigenvalue weighted by molar-refractivity contribution is 6.07. The van der Waals surface area contributed by atoms with Gasteiger partial charge in [-0.05, 0) is 16.8 Å². The van der Waals surface area contributed by atoms with Crippen molar-refractivity contribution in [3.8, 4) is 0 Å². The first-order valence-electron chi connectivity index (χ1n) is 9.35. The van der Waals surface area contributed by atoms with Crippen molar-refractivity contribution in [3.05, 3.63) is 88.0 Å². The average Bonchev–Trinajstić information content (AvgIpc) is 2.73. The monoisotopic (exact) mass is 375 g/mol. The molecular weight excluding hydrogens is 354 g/mol. The molecular formula is C22H21N3O3. The van der Waals surface area contributed by atoms with Crippen LogP contribution in [0.4, 0.5) is 5.69 Å². The number of nitro benzene ring substituents is 1. The molecule has 3 aromatic carbocycles. The van der Waals surface area contributed by atoms with Gasteiger partial charge in [-0.15, -0.1) is 0 Å². The van der Waals surface area contributed by atoms with Crippen molar-refractivity contribution >= 4 is 22.4 Å². The zero-order chi connectivity index (χ0) is 19.5. The van der Waals surface area contributed by atoms with E-state index in [2.05, 4.69) is 4.90 Å². The second-order valence-electron chi connectivity index (χ2n) is 6.98. The summed E-state index contributed by atoms with van der Waals surface area (Å²) in [5.41, 5.74) is 1.59. The molecule has 1 amide bonds. The van der Waals surface area contributed by atoms with E-state index in [-0.39, 0.29) is 16.5 Å². The van der Waals surface area contributed by atoms with Crippen LogP contribution in [0.25, 0.3) is 10.8 Å². The lowest BCUT2D eigenvalue weighted by molar-refractivity contribution is -0.385. The van der Waals surface area contributed by atoms with E-state index in [1.807, 2.05) is 53.4 Å². The summed E-state index contributed by atoms with van der Waals surface area (Å²) in [6.45, 7) is 3.14.